The van der Waals surface area contributed by atoms with Crippen LogP contribution in [0.15, 0.2) is 16.6 Å². The molecule has 3 nitrogen and oxygen atoms in total. The lowest BCUT2D eigenvalue weighted by Gasteiger charge is -2.19. The van der Waals surface area contributed by atoms with Crippen LogP contribution in [0.1, 0.15) is 43.9 Å². The molecule has 1 aliphatic rings. The molecule has 5 heteroatoms. The quantitative estimate of drug-likeness (QED) is 0.811. The van der Waals surface area contributed by atoms with Gasteiger partial charge in [-0.25, -0.2) is 4.39 Å². The van der Waals surface area contributed by atoms with E-state index in [1.54, 1.807) is 6.07 Å². The Balaban J connectivity index is 2.03. The maximum atomic E-state index is 13.5. The monoisotopic (exact) mass is 357 g/mol. The number of nitrogens with one attached hydrogen (secondary N) is 1. The van der Waals surface area contributed by atoms with Crippen LogP contribution in [0.2, 0.25) is 0 Å². The van der Waals surface area contributed by atoms with Crippen molar-refractivity contribution in [1.29, 1.82) is 0 Å². The van der Waals surface area contributed by atoms with Gasteiger partial charge < -0.3 is 10.4 Å². The smallest absolute Gasteiger partial charge is 0.307 e. The summed E-state index contributed by atoms with van der Waals surface area (Å²) in [5.41, 5.74) is 2.08. The second kappa shape index (κ2) is 6.88. The van der Waals surface area contributed by atoms with Crippen LogP contribution < -0.4 is 5.32 Å². The zero-order valence-corrected chi connectivity index (χ0v) is 13.9. The first-order valence-electron chi connectivity index (χ1n) is 7.33. The van der Waals surface area contributed by atoms with E-state index in [1.807, 2.05) is 13.8 Å². The molecule has 0 radical (unpaired) electrons. The van der Waals surface area contributed by atoms with Crippen LogP contribution >= 0.6 is 15.9 Å². The van der Waals surface area contributed by atoms with Gasteiger partial charge in [0.15, 0.2) is 0 Å². The number of carbonyl (C=O) groups is 1. The highest BCUT2D eigenvalue weighted by Gasteiger charge is 2.27. The van der Waals surface area contributed by atoms with Crippen LogP contribution in [0.5, 0.6) is 0 Å². The fourth-order valence-corrected chi connectivity index (χ4v) is 3.53. The van der Waals surface area contributed by atoms with Crippen LogP contribution in [0.25, 0.3) is 0 Å². The van der Waals surface area contributed by atoms with Gasteiger partial charge in [-0.1, -0.05) is 19.9 Å². The largest absolute Gasteiger partial charge is 0.481 e. The molecule has 0 amide bonds. The Bertz CT molecular complexity index is 533. The number of fused-ring (bicyclic) bond motifs is 1. The number of hydrogen-bond donors (Lipinski definition) is 2. The summed E-state index contributed by atoms with van der Waals surface area (Å²) < 4.78 is 14.1. The first-order valence-corrected chi connectivity index (χ1v) is 8.12. The molecular weight excluding hydrogens is 337 g/mol. The van der Waals surface area contributed by atoms with E-state index in [0.29, 0.717) is 23.4 Å². The van der Waals surface area contributed by atoms with Crippen molar-refractivity contribution in [2.75, 3.05) is 6.54 Å². The molecule has 0 fully saturated rings. The van der Waals surface area contributed by atoms with Crippen LogP contribution in [0, 0.1) is 17.7 Å². The van der Waals surface area contributed by atoms with E-state index in [2.05, 4.69) is 21.2 Å². The van der Waals surface area contributed by atoms with Gasteiger partial charge in [-0.3, -0.25) is 4.79 Å². The summed E-state index contributed by atoms with van der Waals surface area (Å²) in [6.07, 6.45) is 2.35. The highest BCUT2D eigenvalue weighted by atomic mass is 79.9. The molecule has 1 aliphatic carbocycles. The predicted molar refractivity (Wildman–Crippen MR) is 83.7 cm³/mol. The van der Waals surface area contributed by atoms with Crippen molar-refractivity contribution in [2.45, 2.75) is 39.2 Å². The number of carboxylic acids is 1. The zero-order valence-electron chi connectivity index (χ0n) is 12.3. The number of hydrogen-bond acceptors (Lipinski definition) is 2. The van der Waals surface area contributed by atoms with Gasteiger partial charge in [-0.2, -0.15) is 0 Å². The van der Waals surface area contributed by atoms with E-state index in [9.17, 15) is 14.3 Å². The third-order valence-electron chi connectivity index (χ3n) is 4.01. The molecule has 2 N–H and O–H groups in total. The normalized spacial score (nSPS) is 18.8. The van der Waals surface area contributed by atoms with Gasteiger partial charge in [0.25, 0.3) is 0 Å². The Morgan fingerprint density at radius 2 is 2.24 bits per heavy atom. The molecular formula is C16H21BrFNO2. The Morgan fingerprint density at radius 1 is 1.52 bits per heavy atom. The summed E-state index contributed by atoms with van der Waals surface area (Å²) >= 11 is 3.30. The summed E-state index contributed by atoms with van der Waals surface area (Å²) in [6.45, 7) is 4.51. The molecule has 1 aromatic carbocycles. The molecule has 0 saturated heterocycles. The van der Waals surface area contributed by atoms with Crippen molar-refractivity contribution in [1.82, 2.24) is 5.32 Å². The van der Waals surface area contributed by atoms with Gasteiger partial charge in [0.1, 0.15) is 5.82 Å². The molecule has 1 aromatic rings. The Hall–Kier alpha value is -0.940. The van der Waals surface area contributed by atoms with E-state index < -0.39 is 5.97 Å². The third kappa shape index (κ3) is 3.83. The van der Waals surface area contributed by atoms with Gasteiger partial charge in [0, 0.05) is 12.6 Å². The lowest BCUT2D eigenvalue weighted by Crippen LogP contribution is -2.31. The fourth-order valence-electron chi connectivity index (χ4n) is 2.97. The third-order valence-corrected chi connectivity index (χ3v) is 4.86. The van der Waals surface area contributed by atoms with Crippen molar-refractivity contribution in [3.8, 4) is 0 Å². The summed E-state index contributed by atoms with van der Waals surface area (Å²) in [6, 6.07) is 3.38. The Labute approximate surface area is 133 Å². The van der Waals surface area contributed by atoms with Crippen molar-refractivity contribution in [3.63, 3.8) is 0 Å². The van der Waals surface area contributed by atoms with E-state index >= 15 is 0 Å². The molecule has 0 aliphatic heterocycles. The van der Waals surface area contributed by atoms with Crippen LogP contribution in [0.4, 0.5) is 4.39 Å². The van der Waals surface area contributed by atoms with Gasteiger partial charge in [0.2, 0.25) is 0 Å². The molecule has 21 heavy (non-hydrogen) atoms. The maximum absolute atomic E-state index is 13.5. The first-order chi connectivity index (χ1) is 9.90. The minimum Gasteiger partial charge on any atom is -0.481 e. The number of rotatable bonds is 6. The summed E-state index contributed by atoms with van der Waals surface area (Å²) in [5.74, 6) is -1.02. The average molecular weight is 358 g/mol. The lowest BCUT2D eigenvalue weighted by atomic mass is 9.96. The number of halogens is 2. The number of carboxylic acid groups (broad SMARTS) is 1. The van der Waals surface area contributed by atoms with Crippen LogP contribution in [-0.2, 0) is 11.2 Å². The molecule has 0 bridgehead atoms. The molecule has 116 valence electrons. The second-order valence-electron chi connectivity index (χ2n) is 6.09. The van der Waals surface area contributed by atoms with Crippen molar-refractivity contribution in [3.05, 3.63) is 33.5 Å². The zero-order chi connectivity index (χ0) is 15.6. The lowest BCUT2D eigenvalue weighted by molar-refractivity contribution is -0.142. The standard InChI is InChI=1S/C16H21BrFNO2/c1-9(2)7-10(16(20)21)8-19-14-6-4-12-11(14)3-5-13(18)15(12)17/h3,5,9-10,14,19H,4,6-8H2,1-2H3,(H,20,21). The van der Waals surface area contributed by atoms with E-state index in [0.717, 1.165) is 24.0 Å². The predicted octanol–water partition coefficient (Wildman–Crippen LogP) is 3.91. The molecule has 0 spiro atoms. The topological polar surface area (TPSA) is 49.3 Å². The SMILES string of the molecule is CC(C)CC(CNC1CCc2c1ccc(F)c2Br)C(=O)O. The highest BCUT2D eigenvalue weighted by molar-refractivity contribution is 9.10. The van der Waals surface area contributed by atoms with Gasteiger partial charge in [-0.05, 0) is 58.3 Å². The second-order valence-corrected chi connectivity index (χ2v) is 6.89. The first kappa shape index (κ1) is 16.4. The minimum absolute atomic E-state index is 0.117. The maximum Gasteiger partial charge on any atom is 0.307 e. The molecule has 0 heterocycles. The van der Waals surface area contributed by atoms with Gasteiger partial charge in [-0.15, -0.1) is 0 Å². The van der Waals surface area contributed by atoms with Gasteiger partial charge >= 0.3 is 5.97 Å². The fraction of sp³-hybridized carbons (Fsp3) is 0.562. The van der Waals surface area contributed by atoms with Crippen molar-refractivity contribution >= 4 is 21.9 Å². The van der Waals surface area contributed by atoms with Gasteiger partial charge in [0.05, 0.1) is 10.4 Å². The summed E-state index contributed by atoms with van der Waals surface area (Å²) in [4.78, 5) is 11.3. The summed E-state index contributed by atoms with van der Waals surface area (Å²) in [5, 5.41) is 12.6. The van der Waals surface area contributed by atoms with Crippen LogP contribution in [-0.4, -0.2) is 17.6 Å². The molecule has 0 aromatic heterocycles. The Kier molecular flexibility index (Phi) is 5.38. The number of benzene rings is 1. The average Bonchev–Trinajstić information content (AvgIpc) is 2.82. The van der Waals surface area contributed by atoms with E-state index in [1.165, 1.54) is 6.07 Å². The minimum atomic E-state index is -0.755. The summed E-state index contributed by atoms with van der Waals surface area (Å²) in [7, 11) is 0. The molecule has 2 unspecified atom stereocenters. The van der Waals surface area contributed by atoms with E-state index in [-0.39, 0.29) is 17.8 Å². The van der Waals surface area contributed by atoms with Crippen LogP contribution in [0.3, 0.4) is 0 Å². The highest BCUT2D eigenvalue weighted by Crippen LogP contribution is 2.37. The van der Waals surface area contributed by atoms with Crippen molar-refractivity contribution < 1.29 is 14.3 Å². The molecule has 2 rings (SSSR count). The number of aliphatic carboxylic acids is 1. The van der Waals surface area contributed by atoms with E-state index in [4.69, 9.17) is 0 Å². The van der Waals surface area contributed by atoms with Crippen molar-refractivity contribution in [2.24, 2.45) is 11.8 Å². The molecule has 0 saturated carbocycles. The Morgan fingerprint density at radius 3 is 2.86 bits per heavy atom. The molecule has 2 atom stereocenters.